The number of nitrogens with zero attached hydrogens (tertiary/aromatic N) is 2. The molecule has 0 saturated carbocycles. The molecule has 1 N–H and O–H groups in total. The van der Waals surface area contributed by atoms with Gasteiger partial charge in [0, 0.05) is 18.5 Å². The summed E-state index contributed by atoms with van der Waals surface area (Å²) in [5.41, 5.74) is 5.77. The Bertz CT molecular complexity index is 1200. The lowest BCUT2D eigenvalue weighted by atomic mass is 10.1. The minimum absolute atomic E-state index is 0.0516. The molecule has 3 aliphatic rings. The van der Waals surface area contributed by atoms with Gasteiger partial charge >= 0.3 is 0 Å². The highest BCUT2D eigenvalue weighted by Gasteiger charge is 2.37. The van der Waals surface area contributed by atoms with Crippen LogP contribution in [-0.2, 0) is 25.8 Å². The quantitative estimate of drug-likeness (QED) is 0.700. The lowest BCUT2D eigenvalue weighted by Crippen LogP contribution is -2.42. The van der Waals surface area contributed by atoms with Crippen LogP contribution in [0.1, 0.15) is 30.4 Å². The van der Waals surface area contributed by atoms with Crippen LogP contribution >= 0.6 is 0 Å². The minimum atomic E-state index is -3.15. The van der Waals surface area contributed by atoms with Gasteiger partial charge in [0.15, 0.2) is 9.84 Å². The van der Waals surface area contributed by atoms with E-state index in [0.717, 1.165) is 12.0 Å². The van der Waals surface area contributed by atoms with Crippen LogP contribution in [0.3, 0.4) is 0 Å². The van der Waals surface area contributed by atoms with Crippen molar-refractivity contribution in [2.45, 2.75) is 31.7 Å². The van der Waals surface area contributed by atoms with Crippen molar-refractivity contribution in [3.05, 3.63) is 53.6 Å². The number of hydrogen-bond acceptors (Lipinski definition) is 5. The first-order valence-electron chi connectivity index (χ1n) is 10.0. The van der Waals surface area contributed by atoms with Crippen LogP contribution < -0.4 is 5.32 Å². The molecule has 2 heterocycles. The van der Waals surface area contributed by atoms with Crippen molar-refractivity contribution in [1.82, 2.24) is 5.01 Å². The maximum Gasteiger partial charge on any atom is 0.271 e. The number of fused-ring (bicyclic) bond motifs is 3. The van der Waals surface area contributed by atoms with Crippen molar-refractivity contribution in [3.8, 4) is 11.1 Å². The summed E-state index contributed by atoms with van der Waals surface area (Å²) in [6.07, 6.45) is 1.59. The fourth-order valence-corrected chi connectivity index (χ4v) is 6.11. The first-order chi connectivity index (χ1) is 14.4. The Balaban J connectivity index is 1.34. The number of nitrogens with one attached hydrogen (secondary N) is 1. The Kier molecular flexibility index (Phi) is 4.47. The number of carbonyl (C=O) groups excluding carboxylic acids is 2. The minimum Gasteiger partial charge on any atom is -0.321 e. The van der Waals surface area contributed by atoms with Crippen LogP contribution in [0.2, 0.25) is 0 Å². The number of hydrogen-bond donors (Lipinski definition) is 1. The molecular weight excluding hydrogens is 402 g/mol. The molecule has 154 valence electrons. The molecule has 1 aliphatic carbocycles. The van der Waals surface area contributed by atoms with Gasteiger partial charge in [0.25, 0.3) is 5.91 Å². The molecule has 0 radical (unpaired) electrons. The van der Waals surface area contributed by atoms with E-state index in [4.69, 9.17) is 0 Å². The number of sulfone groups is 1. The van der Waals surface area contributed by atoms with Crippen LogP contribution in [0, 0.1) is 0 Å². The molecule has 1 saturated heterocycles. The highest BCUT2D eigenvalue weighted by Crippen LogP contribution is 2.37. The molecule has 2 amide bonds. The fraction of sp³-hybridized carbons (Fsp3) is 0.318. The molecule has 0 aromatic heterocycles. The number of anilines is 1. The average Bonchev–Trinajstić information content (AvgIpc) is 3.27. The summed E-state index contributed by atoms with van der Waals surface area (Å²) in [4.78, 5) is 25.0. The van der Waals surface area contributed by atoms with E-state index in [2.05, 4.69) is 22.6 Å². The third kappa shape index (κ3) is 3.41. The van der Waals surface area contributed by atoms with Crippen molar-refractivity contribution < 1.29 is 18.0 Å². The Morgan fingerprint density at radius 3 is 2.67 bits per heavy atom. The highest BCUT2D eigenvalue weighted by molar-refractivity contribution is 7.91. The Labute approximate surface area is 174 Å². The number of rotatable bonds is 3. The molecule has 1 atom stereocenters. The van der Waals surface area contributed by atoms with Gasteiger partial charge < -0.3 is 5.32 Å². The van der Waals surface area contributed by atoms with E-state index in [1.807, 2.05) is 30.3 Å². The maximum atomic E-state index is 12.8. The first-order valence-corrected chi connectivity index (χ1v) is 11.8. The molecule has 2 aliphatic heterocycles. The van der Waals surface area contributed by atoms with Gasteiger partial charge in [-0.15, -0.1) is 0 Å². The van der Waals surface area contributed by atoms with Gasteiger partial charge in [-0.3, -0.25) is 9.59 Å². The Morgan fingerprint density at radius 1 is 1.07 bits per heavy atom. The zero-order chi connectivity index (χ0) is 20.9. The largest absolute Gasteiger partial charge is 0.321 e. The number of benzene rings is 2. The molecule has 2 aromatic rings. The SMILES string of the molecule is O=C(Nc1ccc2c(c1)Cc1ccccc1-2)C1=NN([C@@H]2CCS(=O)(=O)C2)C(=O)CC1. The van der Waals surface area contributed by atoms with E-state index >= 15 is 0 Å². The summed E-state index contributed by atoms with van der Waals surface area (Å²) in [5, 5.41) is 8.33. The van der Waals surface area contributed by atoms with Crippen molar-refractivity contribution >= 4 is 33.1 Å². The smallest absolute Gasteiger partial charge is 0.271 e. The van der Waals surface area contributed by atoms with E-state index in [0.29, 0.717) is 12.1 Å². The first kappa shape index (κ1) is 19.0. The summed E-state index contributed by atoms with van der Waals surface area (Å²) < 4.78 is 23.5. The van der Waals surface area contributed by atoms with E-state index in [1.54, 1.807) is 0 Å². The molecular formula is C22H21N3O4S. The van der Waals surface area contributed by atoms with Gasteiger partial charge in [0.2, 0.25) is 5.91 Å². The van der Waals surface area contributed by atoms with Crippen LogP contribution in [0.15, 0.2) is 47.6 Å². The summed E-state index contributed by atoms with van der Waals surface area (Å²) >= 11 is 0. The second-order valence-corrected chi connectivity index (χ2v) is 10.2. The lowest BCUT2D eigenvalue weighted by Gasteiger charge is -2.27. The number of hydrazone groups is 1. The normalized spacial score (nSPS) is 21.7. The monoisotopic (exact) mass is 423 g/mol. The van der Waals surface area contributed by atoms with Crippen LogP contribution in [0.5, 0.6) is 0 Å². The molecule has 0 spiro atoms. The third-order valence-electron chi connectivity index (χ3n) is 5.93. The Hall–Kier alpha value is -3.00. The van der Waals surface area contributed by atoms with E-state index in [9.17, 15) is 18.0 Å². The predicted molar refractivity (Wildman–Crippen MR) is 114 cm³/mol. The molecule has 2 aromatic carbocycles. The van der Waals surface area contributed by atoms with Crippen molar-refractivity contribution in [1.29, 1.82) is 0 Å². The standard InChI is InChI=1S/C22H21N3O4S/c26-21-8-7-20(24-25(21)17-9-10-30(28,29)13-17)22(27)23-16-5-6-19-15(12-16)11-14-3-1-2-4-18(14)19/h1-6,12,17H,7-11,13H2,(H,23,27)/t17-/m1/s1. The second kappa shape index (κ2) is 7.05. The molecule has 30 heavy (non-hydrogen) atoms. The molecule has 7 nitrogen and oxygen atoms in total. The molecule has 8 heteroatoms. The third-order valence-corrected chi connectivity index (χ3v) is 7.68. The fourth-order valence-electron chi connectivity index (χ4n) is 4.41. The highest BCUT2D eigenvalue weighted by atomic mass is 32.2. The lowest BCUT2D eigenvalue weighted by molar-refractivity contribution is -0.133. The van der Waals surface area contributed by atoms with Gasteiger partial charge in [0.1, 0.15) is 5.71 Å². The zero-order valence-corrected chi connectivity index (χ0v) is 17.1. The number of amides is 2. The van der Waals surface area contributed by atoms with Gasteiger partial charge in [-0.2, -0.15) is 5.10 Å². The second-order valence-electron chi connectivity index (χ2n) is 8.00. The van der Waals surface area contributed by atoms with E-state index in [1.165, 1.54) is 21.7 Å². The summed E-state index contributed by atoms with van der Waals surface area (Å²) in [7, 11) is -3.15. The van der Waals surface area contributed by atoms with Crippen molar-refractivity contribution in [2.24, 2.45) is 5.10 Å². The Morgan fingerprint density at radius 2 is 1.87 bits per heavy atom. The zero-order valence-electron chi connectivity index (χ0n) is 16.3. The molecule has 5 rings (SSSR count). The van der Waals surface area contributed by atoms with Gasteiger partial charge in [-0.1, -0.05) is 30.3 Å². The van der Waals surface area contributed by atoms with Gasteiger partial charge in [-0.25, -0.2) is 13.4 Å². The summed E-state index contributed by atoms with van der Waals surface area (Å²) in [6.45, 7) is 0. The topological polar surface area (TPSA) is 95.9 Å². The van der Waals surface area contributed by atoms with E-state index in [-0.39, 0.29) is 41.9 Å². The molecule has 0 bridgehead atoms. The van der Waals surface area contributed by atoms with E-state index < -0.39 is 15.9 Å². The number of carbonyl (C=O) groups is 2. The van der Waals surface area contributed by atoms with Crippen LogP contribution in [0.25, 0.3) is 11.1 Å². The summed E-state index contributed by atoms with van der Waals surface area (Å²) in [6, 6.07) is 13.6. The average molecular weight is 423 g/mol. The van der Waals surface area contributed by atoms with Crippen LogP contribution in [-0.4, -0.2) is 48.5 Å². The van der Waals surface area contributed by atoms with Gasteiger partial charge in [0.05, 0.1) is 17.5 Å². The summed E-state index contributed by atoms with van der Waals surface area (Å²) in [5.74, 6) is -0.633. The van der Waals surface area contributed by atoms with Crippen LogP contribution in [0.4, 0.5) is 5.69 Å². The van der Waals surface area contributed by atoms with Crippen molar-refractivity contribution in [2.75, 3.05) is 16.8 Å². The predicted octanol–water partition coefficient (Wildman–Crippen LogP) is 2.36. The van der Waals surface area contributed by atoms with Crippen molar-refractivity contribution in [3.63, 3.8) is 0 Å². The molecule has 1 fully saturated rings. The maximum absolute atomic E-state index is 12.8. The molecule has 0 unspecified atom stereocenters. The van der Waals surface area contributed by atoms with Gasteiger partial charge in [-0.05, 0) is 47.2 Å².